The maximum absolute atomic E-state index is 9.81. The Hall–Kier alpha value is -3.41. The summed E-state index contributed by atoms with van der Waals surface area (Å²) in [6, 6.07) is 19.1. The van der Waals surface area contributed by atoms with Crippen molar-refractivity contribution >= 4 is 10.9 Å². The van der Waals surface area contributed by atoms with Gasteiger partial charge in [-0.25, -0.2) is 4.57 Å². The summed E-state index contributed by atoms with van der Waals surface area (Å²) in [6.45, 7) is -0.219. The summed E-state index contributed by atoms with van der Waals surface area (Å²) in [7, 11) is 5.35. The molecule has 0 aliphatic heterocycles. The van der Waals surface area contributed by atoms with Gasteiger partial charge in [-0.3, -0.25) is 0 Å². The van der Waals surface area contributed by atoms with Gasteiger partial charge in [0, 0.05) is 22.6 Å². The van der Waals surface area contributed by atoms with Gasteiger partial charge in [0.05, 0.1) is 27.4 Å². The van der Waals surface area contributed by atoms with E-state index in [0.29, 0.717) is 11.7 Å². The standard InChI is InChI=1S/C32H36NO4/c1-33-18-26(13-25-14-27(19-34)28(20-35)16-30(25)33)24-15-29(32(37-3)31(17-24)36-2)23-11-9-22(10-12-23)21-7-5-4-6-8-21/h9-18,21,34-35H,4-8,19-20H2,1-3H3/q+1. The van der Waals surface area contributed by atoms with Crippen LogP contribution in [0.2, 0.25) is 0 Å². The van der Waals surface area contributed by atoms with Gasteiger partial charge < -0.3 is 19.7 Å². The second kappa shape index (κ2) is 10.9. The highest BCUT2D eigenvalue weighted by Crippen LogP contribution is 2.43. The number of aryl methyl sites for hydroxylation is 1. The number of aromatic nitrogens is 1. The predicted octanol–water partition coefficient (Wildman–Crippen LogP) is 6.05. The van der Waals surface area contributed by atoms with Crippen molar-refractivity contribution in [3.8, 4) is 33.8 Å². The third kappa shape index (κ3) is 4.94. The van der Waals surface area contributed by atoms with E-state index >= 15 is 0 Å². The minimum absolute atomic E-state index is 0.105. The lowest BCUT2D eigenvalue weighted by Gasteiger charge is -2.22. The monoisotopic (exact) mass is 498 g/mol. The van der Waals surface area contributed by atoms with E-state index in [4.69, 9.17) is 9.47 Å². The molecule has 0 bridgehead atoms. The van der Waals surface area contributed by atoms with Crippen LogP contribution in [0.3, 0.4) is 0 Å². The molecule has 1 fully saturated rings. The van der Waals surface area contributed by atoms with Crippen LogP contribution in [0.25, 0.3) is 33.2 Å². The molecule has 5 heteroatoms. The Morgan fingerprint density at radius 3 is 2.14 bits per heavy atom. The van der Waals surface area contributed by atoms with E-state index in [1.165, 1.54) is 37.7 Å². The molecule has 0 amide bonds. The van der Waals surface area contributed by atoms with Crippen LogP contribution in [0, 0.1) is 0 Å². The molecule has 1 heterocycles. The fourth-order valence-corrected chi connectivity index (χ4v) is 5.77. The summed E-state index contributed by atoms with van der Waals surface area (Å²) in [5.41, 5.74) is 8.01. The van der Waals surface area contributed by atoms with Crippen LogP contribution < -0.4 is 14.0 Å². The first-order chi connectivity index (χ1) is 18.1. The Kier molecular flexibility index (Phi) is 7.45. The minimum Gasteiger partial charge on any atom is -0.493 e. The Bertz CT molecular complexity index is 1410. The quantitative estimate of drug-likeness (QED) is 0.305. The Morgan fingerprint density at radius 1 is 0.784 bits per heavy atom. The van der Waals surface area contributed by atoms with E-state index in [9.17, 15) is 10.2 Å². The van der Waals surface area contributed by atoms with Gasteiger partial charge in [-0.2, -0.15) is 0 Å². The fourth-order valence-electron chi connectivity index (χ4n) is 5.77. The number of rotatable bonds is 7. The van der Waals surface area contributed by atoms with Gasteiger partial charge in [0.25, 0.3) is 0 Å². The summed E-state index contributed by atoms with van der Waals surface area (Å²) >= 11 is 0. The van der Waals surface area contributed by atoms with E-state index in [1.54, 1.807) is 14.2 Å². The number of aliphatic hydroxyl groups excluding tert-OH is 2. The van der Waals surface area contributed by atoms with Crippen LogP contribution in [0.5, 0.6) is 11.5 Å². The normalized spacial score (nSPS) is 14.2. The average molecular weight is 499 g/mol. The highest BCUT2D eigenvalue weighted by atomic mass is 16.5. The Morgan fingerprint density at radius 2 is 1.49 bits per heavy atom. The molecule has 2 N–H and O–H groups in total. The topological polar surface area (TPSA) is 62.8 Å². The molecule has 4 aromatic rings. The molecule has 0 atom stereocenters. The molecule has 192 valence electrons. The van der Waals surface area contributed by atoms with E-state index in [2.05, 4.69) is 47.2 Å². The summed E-state index contributed by atoms with van der Waals surface area (Å²) in [5, 5.41) is 20.5. The summed E-state index contributed by atoms with van der Waals surface area (Å²) < 4.78 is 13.7. The second-order valence-corrected chi connectivity index (χ2v) is 10.1. The number of pyridine rings is 1. The smallest absolute Gasteiger partial charge is 0.212 e. The average Bonchev–Trinajstić information content (AvgIpc) is 2.96. The van der Waals surface area contributed by atoms with Gasteiger partial charge in [0.1, 0.15) is 7.05 Å². The van der Waals surface area contributed by atoms with Crippen molar-refractivity contribution in [2.45, 2.75) is 51.2 Å². The molecule has 1 aliphatic rings. The Balaban J connectivity index is 1.61. The van der Waals surface area contributed by atoms with Crippen LogP contribution in [-0.2, 0) is 20.3 Å². The van der Waals surface area contributed by atoms with Crippen LogP contribution in [-0.4, -0.2) is 24.4 Å². The van der Waals surface area contributed by atoms with Crippen molar-refractivity contribution in [1.82, 2.24) is 0 Å². The maximum atomic E-state index is 9.81. The molecule has 3 aromatic carbocycles. The molecular weight excluding hydrogens is 462 g/mol. The third-order valence-electron chi connectivity index (χ3n) is 7.82. The predicted molar refractivity (Wildman–Crippen MR) is 147 cm³/mol. The molecule has 1 aliphatic carbocycles. The number of aliphatic hydroxyl groups is 2. The molecule has 1 saturated carbocycles. The van der Waals surface area contributed by atoms with Gasteiger partial charge in [0.15, 0.2) is 17.7 Å². The van der Waals surface area contributed by atoms with Crippen LogP contribution >= 0.6 is 0 Å². The molecule has 5 nitrogen and oxygen atoms in total. The lowest BCUT2D eigenvalue weighted by molar-refractivity contribution is -0.644. The number of fused-ring (bicyclic) bond motifs is 1. The van der Waals surface area contributed by atoms with Crippen molar-refractivity contribution in [1.29, 1.82) is 0 Å². The van der Waals surface area contributed by atoms with Crippen LogP contribution in [0.1, 0.15) is 54.7 Å². The zero-order chi connectivity index (χ0) is 25.9. The fraction of sp³-hybridized carbons (Fsp3) is 0.344. The van der Waals surface area contributed by atoms with E-state index in [1.807, 2.05) is 25.2 Å². The van der Waals surface area contributed by atoms with E-state index in [0.717, 1.165) is 50.0 Å². The van der Waals surface area contributed by atoms with Gasteiger partial charge >= 0.3 is 0 Å². The van der Waals surface area contributed by atoms with Crippen LogP contribution in [0.4, 0.5) is 0 Å². The highest BCUT2D eigenvalue weighted by Gasteiger charge is 2.20. The number of hydrogen-bond donors (Lipinski definition) is 2. The van der Waals surface area contributed by atoms with Crippen molar-refractivity contribution in [3.63, 3.8) is 0 Å². The molecular formula is C32H36NO4+. The number of nitrogens with zero attached hydrogens (tertiary/aromatic N) is 1. The molecule has 37 heavy (non-hydrogen) atoms. The van der Waals surface area contributed by atoms with Crippen molar-refractivity contribution in [3.05, 3.63) is 77.5 Å². The maximum Gasteiger partial charge on any atom is 0.212 e. The minimum atomic E-state index is -0.114. The molecule has 1 aromatic heterocycles. The van der Waals surface area contributed by atoms with Crippen molar-refractivity contribution in [2.75, 3.05) is 14.2 Å². The SMILES string of the molecule is COc1cc(-c2cc3cc(CO)c(CO)cc3[n+](C)c2)cc(-c2ccc(C3CCCCC3)cc2)c1OC. The number of hydrogen-bond acceptors (Lipinski definition) is 4. The van der Waals surface area contributed by atoms with Crippen molar-refractivity contribution < 1.29 is 24.3 Å². The van der Waals surface area contributed by atoms with Gasteiger partial charge in [-0.15, -0.1) is 0 Å². The first kappa shape index (κ1) is 25.2. The largest absolute Gasteiger partial charge is 0.493 e. The highest BCUT2D eigenvalue weighted by molar-refractivity contribution is 5.86. The number of ether oxygens (including phenoxy) is 2. The molecule has 0 radical (unpaired) electrons. The zero-order valence-electron chi connectivity index (χ0n) is 22.0. The first-order valence-corrected chi connectivity index (χ1v) is 13.1. The molecule has 0 unspecified atom stereocenters. The summed E-state index contributed by atoms with van der Waals surface area (Å²) in [6.07, 6.45) is 8.65. The first-order valence-electron chi connectivity index (χ1n) is 13.1. The number of methoxy groups -OCH3 is 2. The number of benzene rings is 3. The van der Waals surface area contributed by atoms with Gasteiger partial charge in [-0.05, 0) is 70.8 Å². The van der Waals surface area contributed by atoms with Crippen molar-refractivity contribution in [2.24, 2.45) is 7.05 Å². The third-order valence-corrected chi connectivity index (χ3v) is 7.82. The lowest BCUT2D eigenvalue weighted by atomic mass is 9.83. The summed E-state index contributed by atoms with van der Waals surface area (Å²) in [5.74, 6) is 2.07. The van der Waals surface area contributed by atoms with Gasteiger partial charge in [0.2, 0.25) is 5.52 Å². The van der Waals surface area contributed by atoms with Gasteiger partial charge in [-0.1, -0.05) is 43.5 Å². The van der Waals surface area contributed by atoms with Crippen LogP contribution in [0.15, 0.2) is 60.8 Å². The van der Waals surface area contributed by atoms with E-state index < -0.39 is 0 Å². The molecule has 0 spiro atoms. The summed E-state index contributed by atoms with van der Waals surface area (Å²) in [4.78, 5) is 0. The second-order valence-electron chi connectivity index (χ2n) is 10.1. The zero-order valence-corrected chi connectivity index (χ0v) is 22.0. The lowest BCUT2D eigenvalue weighted by Crippen LogP contribution is -2.29. The molecule has 0 saturated heterocycles. The Labute approximate surface area is 218 Å². The van der Waals surface area contributed by atoms with E-state index in [-0.39, 0.29) is 13.2 Å². The molecule has 5 rings (SSSR count).